The molecule has 7 nitrogen and oxygen atoms in total. The summed E-state index contributed by atoms with van der Waals surface area (Å²) in [7, 11) is 0. The number of carbonyl (C=O) groups is 2. The predicted octanol–water partition coefficient (Wildman–Crippen LogP) is 3.35. The molecule has 0 aliphatic carbocycles. The van der Waals surface area contributed by atoms with Crippen molar-refractivity contribution in [3.8, 4) is 0 Å². The first-order chi connectivity index (χ1) is 15.4. The van der Waals surface area contributed by atoms with Crippen molar-refractivity contribution in [1.29, 1.82) is 0 Å². The molecule has 1 N–H and O–H groups in total. The normalized spacial score (nSPS) is 20.6. The third-order valence-corrected chi connectivity index (χ3v) is 6.47. The number of esters is 1. The monoisotopic (exact) mass is 442 g/mol. The van der Waals surface area contributed by atoms with Gasteiger partial charge in [-0.05, 0) is 37.4 Å². The van der Waals surface area contributed by atoms with Crippen LogP contribution in [0.5, 0.6) is 0 Å². The second-order valence-electron chi connectivity index (χ2n) is 8.74. The van der Waals surface area contributed by atoms with Crippen molar-refractivity contribution in [3.05, 3.63) is 46.7 Å². The summed E-state index contributed by atoms with van der Waals surface area (Å²) in [6.45, 7) is 16.5. The van der Waals surface area contributed by atoms with Crippen molar-refractivity contribution in [2.24, 2.45) is 0 Å². The van der Waals surface area contributed by atoms with E-state index in [1.807, 2.05) is 26.0 Å². The maximum atomic E-state index is 13.2. The first-order valence-corrected chi connectivity index (χ1v) is 11.9. The molecule has 2 aliphatic rings. The third kappa shape index (κ3) is 5.33. The lowest BCUT2D eigenvalue weighted by atomic mass is 9.92. The van der Waals surface area contributed by atoms with Crippen LogP contribution < -0.4 is 5.32 Å². The molecule has 1 atom stereocenters. The van der Waals surface area contributed by atoms with Crippen molar-refractivity contribution in [2.75, 3.05) is 52.4 Å². The number of benzene rings is 1. The fourth-order valence-electron chi connectivity index (χ4n) is 4.46. The fraction of sp³-hybridized carbons (Fsp3) is 0.600. The molecule has 2 heterocycles. The van der Waals surface area contributed by atoms with Gasteiger partial charge < -0.3 is 15.0 Å². The number of piperazine rings is 1. The largest absolute Gasteiger partial charge is 0.463 e. The van der Waals surface area contributed by atoms with E-state index in [1.54, 1.807) is 4.90 Å². The third-order valence-electron chi connectivity index (χ3n) is 6.47. The van der Waals surface area contributed by atoms with Gasteiger partial charge in [0.1, 0.15) is 0 Å². The molecule has 1 aromatic carbocycles. The molecule has 1 saturated heterocycles. The van der Waals surface area contributed by atoms with Crippen LogP contribution in [0.2, 0.25) is 0 Å². The van der Waals surface area contributed by atoms with Gasteiger partial charge >= 0.3 is 12.0 Å². The summed E-state index contributed by atoms with van der Waals surface area (Å²) in [5.41, 5.74) is 3.43. The topological polar surface area (TPSA) is 65.1 Å². The van der Waals surface area contributed by atoms with E-state index in [0.29, 0.717) is 31.2 Å². The van der Waals surface area contributed by atoms with Crippen LogP contribution in [0, 0.1) is 0 Å². The fourth-order valence-corrected chi connectivity index (χ4v) is 4.46. The highest BCUT2D eigenvalue weighted by molar-refractivity contribution is 5.95. The molecular weight excluding hydrogens is 404 g/mol. The van der Waals surface area contributed by atoms with E-state index in [9.17, 15) is 9.59 Å². The molecular formula is C25H38N4O3. The van der Waals surface area contributed by atoms with E-state index < -0.39 is 6.04 Å². The number of carbonyl (C=O) groups excluding carboxylic acids is 2. The van der Waals surface area contributed by atoms with Crippen LogP contribution in [0.4, 0.5) is 4.79 Å². The Morgan fingerprint density at radius 2 is 1.66 bits per heavy atom. The molecule has 1 aromatic rings. The molecule has 2 amide bonds. The Morgan fingerprint density at radius 3 is 2.19 bits per heavy atom. The number of likely N-dealkylation sites (N-methyl/N-ethyl adjacent to an activating group) is 2. The number of nitrogens with zero attached hydrogens (tertiary/aromatic N) is 3. The summed E-state index contributed by atoms with van der Waals surface area (Å²) in [6.07, 6.45) is 0. The summed E-state index contributed by atoms with van der Waals surface area (Å²) < 4.78 is 5.48. The van der Waals surface area contributed by atoms with E-state index in [1.165, 1.54) is 5.56 Å². The Hall–Kier alpha value is -2.38. The Labute approximate surface area is 192 Å². The minimum absolute atomic E-state index is 0.166. The first kappa shape index (κ1) is 24.3. The molecule has 0 unspecified atom stereocenters. The number of nitrogens with one attached hydrogen (secondary N) is 1. The minimum atomic E-state index is -0.516. The number of hydrogen-bond acceptors (Lipinski definition) is 5. The van der Waals surface area contributed by atoms with E-state index in [-0.39, 0.29) is 12.0 Å². The van der Waals surface area contributed by atoms with E-state index in [4.69, 9.17) is 4.74 Å². The van der Waals surface area contributed by atoms with Crippen LogP contribution in [-0.4, -0.2) is 79.1 Å². The minimum Gasteiger partial charge on any atom is -0.463 e. The average molecular weight is 443 g/mol. The quantitative estimate of drug-likeness (QED) is 0.626. The second kappa shape index (κ2) is 11.0. The average Bonchev–Trinajstić information content (AvgIpc) is 2.79. The van der Waals surface area contributed by atoms with Crippen LogP contribution in [0.1, 0.15) is 57.7 Å². The van der Waals surface area contributed by atoms with Crippen molar-refractivity contribution in [3.63, 3.8) is 0 Å². The molecule has 0 aromatic heterocycles. The van der Waals surface area contributed by atoms with Gasteiger partial charge in [0.05, 0.1) is 18.2 Å². The lowest BCUT2D eigenvalue weighted by Gasteiger charge is -2.40. The van der Waals surface area contributed by atoms with Gasteiger partial charge in [0.15, 0.2) is 0 Å². The van der Waals surface area contributed by atoms with Gasteiger partial charge in [0, 0.05) is 45.0 Å². The Bertz CT molecular complexity index is 826. The zero-order valence-corrected chi connectivity index (χ0v) is 20.2. The van der Waals surface area contributed by atoms with Gasteiger partial charge in [-0.3, -0.25) is 9.80 Å². The van der Waals surface area contributed by atoms with Crippen LogP contribution in [0.3, 0.4) is 0 Å². The lowest BCUT2D eigenvalue weighted by molar-refractivity contribution is -0.139. The van der Waals surface area contributed by atoms with Crippen molar-refractivity contribution < 1.29 is 14.3 Å². The number of rotatable bonds is 8. The van der Waals surface area contributed by atoms with Crippen molar-refractivity contribution >= 4 is 12.0 Å². The smallest absolute Gasteiger partial charge is 0.338 e. The lowest BCUT2D eigenvalue weighted by Crippen LogP contribution is -2.53. The van der Waals surface area contributed by atoms with Crippen LogP contribution in [0.25, 0.3) is 0 Å². The molecule has 0 radical (unpaired) electrons. The number of hydrogen-bond donors (Lipinski definition) is 1. The van der Waals surface area contributed by atoms with Gasteiger partial charge in [0.25, 0.3) is 0 Å². The molecule has 0 spiro atoms. The SMILES string of the molecule is CCOC(=O)C1=C(CN2CCN(CC)CC2)N(CC)C(=O)N[C@H]1c1ccc(C(C)C)cc1. The van der Waals surface area contributed by atoms with Crippen LogP contribution >= 0.6 is 0 Å². The summed E-state index contributed by atoms with van der Waals surface area (Å²) in [5.74, 6) is 0.0593. The van der Waals surface area contributed by atoms with Gasteiger partial charge in [-0.15, -0.1) is 0 Å². The van der Waals surface area contributed by atoms with E-state index >= 15 is 0 Å². The molecule has 0 bridgehead atoms. The molecule has 32 heavy (non-hydrogen) atoms. The standard InChI is InChI=1S/C25H38N4O3/c1-6-27-13-15-28(16-14-27)17-21-22(24(30)32-8-3)23(26-25(31)29(21)7-2)20-11-9-19(10-12-20)18(4)5/h9-12,18,23H,6-8,13-17H2,1-5H3,(H,26,31)/t23-/m0/s1. The molecule has 176 valence electrons. The second-order valence-corrected chi connectivity index (χ2v) is 8.74. The van der Waals surface area contributed by atoms with E-state index in [0.717, 1.165) is 44.0 Å². The van der Waals surface area contributed by atoms with Crippen molar-refractivity contribution in [1.82, 2.24) is 20.0 Å². The van der Waals surface area contributed by atoms with Gasteiger partial charge in [-0.25, -0.2) is 9.59 Å². The number of ether oxygens (including phenoxy) is 1. The number of amides is 2. The summed E-state index contributed by atoms with van der Waals surface area (Å²) in [5, 5.41) is 3.06. The van der Waals surface area contributed by atoms with Gasteiger partial charge in [-0.2, -0.15) is 0 Å². The maximum absolute atomic E-state index is 13.2. The van der Waals surface area contributed by atoms with Crippen molar-refractivity contribution in [2.45, 2.75) is 46.6 Å². The van der Waals surface area contributed by atoms with Crippen LogP contribution in [0.15, 0.2) is 35.5 Å². The van der Waals surface area contributed by atoms with Gasteiger partial charge in [0.2, 0.25) is 0 Å². The summed E-state index contributed by atoms with van der Waals surface area (Å²) in [4.78, 5) is 32.7. The Kier molecular flexibility index (Phi) is 8.32. The highest BCUT2D eigenvalue weighted by atomic mass is 16.5. The molecule has 3 rings (SSSR count). The molecule has 1 fully saturated rings. The zero-order valence-electron chi connectivity index (χ0n) is 20.2. The Morgan fingerprint density at radius 1 is 1.03 bits per heavy atom. The zero-order chi connectivity index (χ0) is 23.3. The summed E-state index contributed by atoms with van der Waals surface area (Å²) in [6, 6.07) is 7.49. The molecule has 7 heteroatoms. The Balaban J connectivity index is 2.00. The predicted molar refractivity (Wildman–Crippen MR) is 126 cm³/mol. The van der Waals surface area contributed by atoms with Gasteiger partial charge in [-0.1, -0.05) is 45.0 Å². The summed E-state index contributed by atoms with van der Waals surface area (Å²) >= 11 is 0. The highest BCUT2D eigenvalue weighted by Crippen LogP contribution is 2.33. The van der Waals surface area contributed by atoms with E-state index in [2.05, 4.69) is 48.0 Å². The maximum Gasteiger partial charge on any atom is 0.338 e. The number of urea groups is 1. The highest BCUT2D eigenvalue weighted by Gasteiger charge is 2.38. The van der Waals surface area contributed by atoms with Crippen LogP contribution in [-0.2, 0) is 9.53 Å². The molecule has 2 aliphatic heterocycles. The first-order valence-electron chi connectivity index (χ1n) is 11.9. The molecule has 0 saturated carbocycles.